The number of methoxy groups -OCH3 is 1. The summed E-state index contributed by atoms with van der Waals surface area (Å²) in [5.41, 5.74) is 1.35. The molecular weight excluding hydrogens is 489 g/mol. The summed E-state index contributed by atoms with van der Waals surface area (Å²) in [6.45, 7) is 2.25. The third kappa shape index (κ3) is 5.35. The molecule has 0 fully saturated rings. The molecule has 2 heterocycles. The topological polar surface area (TPSA) is 81.5 Å². The van der Waals surface area contributed by atoms with Crippen LogP contribution < -0.4 is 20.5 Å². The number of nitrogens with zero attached hydrogens (tertiary/aromatic N) is 4. The molecule has 0 amide bonds. The summed E-state index contributed by atoms with van der Waals surface area (Å²) in [5.74, 6) is 0.988. The van der Waals surface area contributed by atoms with Crippen molar-refractivity contribution in [3.8, 4) is 16.9 Å². The first-order chi connectivity index (χ1) is 16.8. The Morgan fingerprint density at radius 2 is 1.83 bits per heavy atom. The molecule has 0 radical (unpaired) electrons. The highest BCUT2D eigenvalue weighted by Crippen LogP contribution is 2.34. The Morgan fingerprint density at radius 3 is 2.51 bits per heavy atom. The number of rotatable bonds is 8. The van der Waals surface area contributed by atoms with Gasteiger partial charge in [-0.3, -0.25) is 4.79 Å². The molecule has 182 valence electrons. The Hall–Kier alpha value is -3.33. The summed E-state index contributed by atoms with van der Waals surface area (Å²) in [5, 5.41) is 4.45. The zero-order valence-corrected chi connectivity index (χ0v) is 21.3. The van der Waals surface area contributed by atoms with Gasteiger partial charge in [-0.2, -0.15) is 4.98 Å². The van der Waals surface area contributed by atoms with Crippen molar-refractivity contribution >= 4 is 45.9 Å². The molecule has 4 rings (SSSR count). The van der Waals surface area contributed by atoms with E-state index in [2.05, 4.69) is 15.3 Å². The lowest BCUT2D eigenvalue weighted by atomic mass is 10.1. The normalized spacial score (nSPS) is 12.1. The van der Waals surface area contributed by atoms with Crippen molar-refractivity contribution in [2.24, 2.45) is 0 Å². The number of likely N-dealkylation sites (N-methyl/N-ethyl adjacent to an activating group) is 1. The third-order valence-electron chi connectivity index (χ3n) is 5.59. The maximum Gasteiger partial charge on any atom is 0.293 e. The maximum absolute atomic E-state index is 13.6. The molecular formula is C25H25Cl2N5O3. The molecule has 0 aliphatic heterocycles. The minimum atomic E-state index is -0.426. The monoisotopic (exact) mass is 513 g/mol. The van der Waals surface area contributed by atoms with Crippen molar-refractivity contribution in [2.75, 3.05) is 33.1 Å². The van der Waals surface area contributed by atoms with Gasteiger partial charge in [0.1, 0.15) is 12.4 Å². The standard InChI is InChI=1S/C25H25Cl2N5O3/c1-15(31(2)3)14-35-32-23-16(11-19(24(32)33)22-20(26)9-6-10-21(22)27)13-28-25(30-23)29-17-7-5-8-18(12-17)34-4/h5-13,15H,14H2,1-4H3,(H,28,29,30). The fourth-order valence-corrected chi connectivity index (χ4v) is 3.95. The number of anilines is 2. The molecule has 1 atom stereocenters. The highest BCUT2D eigenvalue weighted by Gasteiger charge is 2.19. The molecule has 2 aromatic heterocycles. The molecule has 1 unspecified atom stereocenters. The zero-order valence-electron chi connectivity index (χ0n) is 19.8. The molecule has 8 nitrogen and oxygen atoms in total. The molecule has 0 aliphatic carbocycles. The molecule has 1 N–H and O–H groups in total. The number of pyridine rings is 1. The van der Waals surface area contributed by atoms with Crippen LogP contribution in [0.5, 0.6) is 5.75 Å². The second-order valence-corrected chi connectivity index (χ2v) is 9.01. The highest BCUT2D eigenvalue weighted by molar-refractivity contribution is 6.39. The van der Waals surface area contributed by atoms with E-state index >= 15 is 0 Å². The predicted octanol–water partition coefficient (Wildman–Crippen LogP) is 4.90. The SMILES string of the molecule is COc1cccc(Nc2ncc3cc(-c4c(Cl)cccc4Cl)c(=O)n(OCC(C)N(C)C)c3n2)c1. The number of aromatic nitrogens is 3. The lowest BCUT2D eigenvalue weighted by Crippen LogP contribution is -2.37. The number of benzene rings is 2. The van der Waals surface area contributed by atoms with Crippen LogP contribution in [0, 0.1) is 0 Å². The Balaban J connectivity index is 1.85. The van der Waals surface area contributed by atoms with E-state index in [0.717, 1.165) is 5.69 Å². The van der Waals surface area contributed by atoms with Gasteiger partial charge >= 0.3 is 0 Å². The van der Waals surface area contributed by atoms with E-state index in [1.54, 1.807) is 37.6 Å². The number of fused-ring (bicyclic) bond motifs is 1. The van der Waals surface area contributed by atoms with Gasteiger partial charge in [-0.15, -0.1) is 4.73 Å². The van der Waals surface area contributed by atoms with Crippen molar-refractivity contribution < 1.29 is 9.57 Å². The molecule has 0 saturated carbocycles. The van der Waals surface area contributed by atoms with Gasteiger partial charge < -0.3 is 19.8 Å². The van der Waals surface area contributed by atoms with Gasteiger partial charge in [0.25, 0.3) is 5.56 Å². The van der Waals surface area contributed by atoms with Crippen LogP contribution in [0.2, 0.25) is 10.0 Å². The average molecular weight is 514 g/mol. The summed E-state index contributed by atoms with van der Waals surface area (Å²) in [6, 6.07) is 14.2. The zero-order chi connectivity index (χ0) is 25.1. The van der Waals surface area contributed by atoms with Crippen molar-refractivity contribution in [1.82, 2.24) is 19.6 Å². The van der Waals surface area contributed by atoms with Crippen molar-refractivity contribution in [3.63, 3.8) is 0 Å². The summed E-state index contributed by atoms with van der Waals surface area (Å²) in [4.78, 5) is 30.6. The molecule has 4 aromatic rings. The van der Waals surface area contributed by atoms with Crippen molar-refractivity contribution in [1.29, 1.82) is 0 Å². The Labute approximate surface area is 213 Å². The smallest absolute Gasteiger partial charge is 0.293 e. The molecule has 0 spiro atoms. The fourth-order valence-electron chi connectivity index (χ4n) is 3.35. The number of halogens is 2. The molecule has 2 aromatic carbocycles. The molecule has 0 saturated heterocycles. The second-order valence-electron chi connectivity index (χ2n) is 8.19. The van der Waals surface area contributed by atoms with Gasteiger partial charge in [-0.05, 0) is 51.4 Å². The van der Waals surface area contributed by atoms with E-state index in [1.807, 2.05) is 50.2 Å². The van der Waals surface area contributed by atoms with Crippen molar-refractivity contribution in [3.05, 3.63) is 75.1 Å². The van der Waals surface area contributed by atoms with E-state index < -0.39 is 5.56 Å². The lowest BCUT2D eigenvalue weighted by Gasteiger charge is -2.21. The first kappa shape index (κ1) is 24.8. The van der Waals surface area contributed by atoms with Gasteiger partial charge in [0.2, 0.25) is 5.95 Å². The van der Waals surface area contributed by atoms with Crippen molar-refractivity contribution in [2.45, 2.75) is 13.0 Å². The van der Waals surface area contributed by atoms with Crippen LogP contribution in [0.15, 0.2) is 59.5 Å². The highest BCUT2D eigenvalue weighted by atomic mass is 35.5. The maximum atomic E-state index is 13.6. The van der Waals surface area contributed by atoms with Gasteiger partial charge in [0, 0.05) is 34.9 Å². The minimum Gasteiger partial charge on any atom is -0.497 e. The predicted molar refractivity (Wildman–Crippen MR) is 140 cm³/mol. The number of ether oxygens (including phenoxy) is 1. The summed E-state index contributed by atoms with van der Waals surface area (Å²) in [6.07, 6.45) is 1.62. The molecule has 35 heavy (non-hydrogen) atoms. The van der Waals surface area contributed by atoms with Crippen LogP contribution >= 0.6 is 23.2 Å². The van der Waals surface area contributed by atoms with E-state index in [1.165, 1.54) is 4.73 Å². The second kappa shape index (κ2) is 10.5. The van der Waals surface area contributed by atoms with Crippen LogP contribution in [0.4, 0.5) is 11.6 Å². The van der Waals surface area contributed by atoms with E-state index in [-0.39, 0.29) is 12.6 Å². The van der Waals surface area contributed by atoms with Gasteiger partial charge in [0.05, 0.1) is 22.7 Å². The first-order valence-electron chi connectivity index (χ1n) is 10.9. The average Bonchev–Trinajstić information content (AvgIpc) is 2.83. The quantitative estimate of drug-likeness (QED) is 0.358. The molecule has 10 heteroatoms. The summed E-state index contributed by atoms with van der Waals surface area (Å²) >= 11 is 12.8. The summed E-state index contributed by atoms with van der Waals surface area (Å²) < 4.78 is 6.46. The first-order valence-corrected chi connectivity index (χ1v) is 11.6. The largest absolute Gasteiger partial charge is 0.497 e. The number of hydrogen-bond donors (Lipinski definition) is 1. The molecule has 0 aliphatic rings. The minimum absolute atomic E-state index is 0.0423. The number of hydrogen-bond acceptors (Lipinski definition) is 7. The van der Waals surface area contributed by atoms with E-state index in [9.17, 15) is 4.79 Å². The molecule has 0 bridgehead atoms. The van der Waals surface area contributed by atoms with Crippen LogP contribution in [-0.2, 0) is 0 Å². The van der Waals surface area contributed by atoms with Crippen LogP contribution in [0.25, 0.3) is 22.2 Å². The van der Waals surface area contributed by atoms with Crippen LogP contribution in [-0.4, -0.2) is 53.5 Å². The van der Waals surface area contributed by atoms with Crippen LogP contribution in [0.1, 0.15) is 6.92 Å². The third-order valence-corrected chi connectivity index (χ3v) is 6.22. The Kier molecular flexibility index (Phi) is 7.45. The Bertz CT molecular complexity index is 1400. The van der Waals surface area contributed by atoms with Gasteiger partial charge in [0.15, 0.2) is 5.65 Å². The van der Waals surface area contributed by atoms with E-state index in [4.69, 9.17) is 32.8 Å². The van der Waals surface area contributed by atoms with Gasteiger partial charge in [-0.1, -0.05) is 35.3 Å². The summed E-state index contributed by atoms with van der Waals surface area (Å²) in [7, 11) is 5.47. The van der Waals surface area contributed by atoms with Crippen LogP contribution in [0.3, 0.4) is 0 Å². The lowest BCUT2D eigenvalue weighted by molar-refractivity contribution is 0.0703. The Morgan fingerprint density at radius 1 is 1.11 bits per heavy atom. The van der Waals surface area contributed by atoms with Gasteiger partial charge in [-0.25, -0.2) is 4.98 Å². The fraction of sp³-hybridized carbons (Fsp3) is 0.240. The number of nitrogens with one attached hydrogen (secondary N) is 1. The van der Waals surface area contributed by atoms with E-state index in [0.29, 0.717) is 43.9 Å².